The van der Waals surface area contributed by atoms with E-state index in [1.807, 2.05) is 0 Å². The normalized spacial score (nSPS) is 27.3. The summed E-state index contributed by atoms with van der Waals surface area (Å²) in [5.41, 5.74) is 5.79. The van der Waals surface area contributed by atoms with E-state index in [4.69, 9.17) is 15.2 Å². The Bertz CT molecular complexity index is 473. The first kappa shape index (κ1) is 22.7. The highest BCUT2D eigenvalue weighted by Gasteiger charge is 2.49. The van der Waals surface area contributed by atoms with Crippen molar-refractivity contribution in [1.29, 1.82) is 0 Å². The Kier molecular flexibility index (Phi) is 8.34. The molecule has 0 aromatic carbocycles. The Balaban J connectivity index is 2.94. The quantitative estimate of drug-likeness (QED) is 0.591. The summed E-state index contributed by atoms with van der Waals surface area (Å²) in [5.74, 6) is -1.16. The zero-order chi connectivity index (χ0) is 20.1. The molecule has 0 bridgehead atoms. The van der Waals surface area contributed by atoms with Gasteiger partial charge in [-0.25, -0.2) is 4.79 Å². The van der Waals surface area contributed by atoms with Crippen LogP contribution in [0.4, 0.5) is 4.79 Å². The number of aliphatic hydroxyl groups is 1. The van der Waals surface area contributed by atoms with E-state index >= 15 is 0 Å². The Morgan fingerprint density at radius 1 is 1.27 bits per heavy atom. The molecule has 0 aromatic rings. The molecule has 1 amide bonds. The number of aliphatic hydroxyl groups excluding tert-OH is 1. The number of rotatable bonds is 7. The summed E-state index contributed by atoms with van der Waals surface area (Å²) < 4.78 is 10.1. The molecule has 7 nitrogen and oxygen atoms in total. The van der Waals surface area contributed by atoms with Gasteiger partial charge in [0.15, 0.2) is 0 Å². The van der Waals surface area contributed by atoms with E-state index < -0.39 is 41.6 Å². The number of carbonyl (C=O) groups is 2. The summed E-state index contributed by atoms with van der Waals surface area (Å²) in [4.78, 5) is 24.2. The monoisotopic (exact) mass is 372 g/mol. The Labute approximate surface area is 157 Å². The van der Waals surface area contributed by atoms with Crippen molar-refractivity contribution in [1.82, 2.24) is 5.32 Å². The van der Waals surface area contributed by atoms with Crippen LogP contribution < -0.4 is 11.1 Å². The van der Waals surface area contributed by atoms with E-state index in [1.54, 1.807) is 20.8 Å². The molecule has 0 aliphatic heterocycles. The van der Waals surface area contributed by atoms with Crippen LogP contribution in [-0.2, 0) is 14.3 Å². The Morgan fingerprint density at radius 2 is 1.85 bits per heavy atom. The molecule has 26 heavy (non-hydrogen) atoms. The molecule has 4 N–H and O–H groups in total. The third-order valence-electron chi connectivity index (χ3n) is 5.24. The van der Waals surface area contributed by atoms with Gasteiger partial charge in [0.05, 0.1) is 19.1 Å². The van der Waals surface area contributed by atoms with Gasteiger partial charge in [-0.3, -0.25) is 4.79 Å². The second-order valence-electron chi connectivity index (χ2n) is 8.27. The van der Waals surface area contributed by atoms with Gasteiger partial charge >= 0.3 is 12.1 Å². The molecule has 5 atom stereocenters. The number of nitrogens with one attached hydrogen (secondary N) is 1. The average Bonchev–Trinajstić information content (AvgIpc) is 2.85. The first-order valence-electron chi connectivity index (χ1n) is 9.54. The van der Waals surface area contributed by atoms with Gasteiger partial charge in [0, 0.05) is 18.0 Å². The van der Waals surface area contributed by atoms with E-state index in [0.29, 0.717) is 5.92 Å². The van der Waals surface area contributed by atoms with Crippen molar-refractivity contribution in [2.75, 3.05) is 7.11 Å². The molecule has 1 rings (SSSR count). The lowest BCUT2D eigenvalue weighted by molar-refractivity contribution is -0.148. The van der Waals surface area contributed by atoms with Gasteiger partial charge in [-0.15, -0.1) is 0 Å². The fraction of sp³-hybridized carbons (Fsp3) is 0.895. The highest BCUT2D eigenvalue weighted by Crippen LogP contribution is 2.36. The third kappa shape index (κ3) is 6.13. The lowest BCUT2D eigenvalue weighted by Crippen LogP contribution is -2.49. The number of alkyl carbamates (subject to hydrolysis) is 1. The fourth-order valence-electron chi connectivity index (χ4n) is 3.79. The van der Waals surface area contributed by atoms with Gasteiger partial charge in [-0.05, 0) is 39.5 Å². The number of nitrogens with two attached hydrogens (primary N) is 1. The maximum absolute atomic E-state index is 12.2. The molecular formula is C19H36N2O5. The van der Waals surface area contributed by atoms with Crippen LogP contribution in [0.15, 0.2) is 0 Å². The predicted octanol–water partition coefficient (Wildman–Crippen LogP) is 2.20. The first-order chi connectivity index (χ1) is 12.0. The lowest BCUT2D eigenvalue weighted by atomic mass is 9.84. The van der Waals surface area contributed by atoms with Crippen LogP contribution in [0.5, 0.6) is 0 Å². The highest BCUT2D eigenvalue weighted by atomic mass is 16.6. The average molecular weight is 373 g/mol. The fourth-order valence-corrected chi connectivity index (χ4v) is 3.79. The van der Waals surface area contributed by atoms with Crippen molar-refractivity contribution in [2.45, 2.75) is 84.1 Å². The largest absolute Gasteiger partial charge is 0.469 e. The van der Waals surface area contributed by atoms with Crippen LogP contribution in [0, 0.1) is 17.8 Å². The summed E-state index contributed by atoms with van der Waals surface area (Å²) in [7, 11) is 1.29. The van der Waals surface area contributed by atoms with E-state index in [1.165, 1.54) is 7.11 Å². The first-order valence-corrected chi connectivity index (χ1v) is 9.54. The number of esters is 1. The molecule has 1 fully saturated rings. The maximum Gasteiger partial charge on any atom is 0.407 e. The number of carbonyl (C=O) groups excluding carboxylic acids is 2. The third-order valence-corrected chi connectivity index (χ3v) is 5.24. The summed E-state index contributed by atoms with van der Waals surface area (Å²) in [6.07, 6.45) is 1.49. The van der Waals surface area contributed by atoms with Gasteiger partial charge in [-0.1, -0.05) is 26.7 Å². The molecule has 7 heteroatoms. The second kappa shape index (κ2) is 9.55. The number of hydrogen-bond acceptors (Lipinski definition) is 6. The van der Waals surface area contributed by atoms with Crippen LogP contribution in [0.1, 0.15) is 60.3 Å². The van der Waals surface area contributed by atoms with E-state index in [2.05, 4.69) is 19.2 Å². The molecule has 5 unspecified atom stereocenters. The van der Waals surface area contributed by atoms with Crippen LogP contribution >= 0.6 is 0 Å². The minimum Gasteiger partial charge on any atom is -0.469 e. The molecular weight excluding hydrogens is 336 g/mol. The number of hydrogen-bond donors (Lipinski definition) is 3. The minimum atomic E-state index is -0.952. The Hall–Kier alpha value is -1.34. The second-order valence-corrected chi connectivity index (χ2v) is 8.27. The molecule has 0 spiro atoms. The predicted molar refractivity (Wildman–Crippen MR) is 99.4 cm³/mol. The molecule has 1 aliphatic carbocycles. The standard InChI is InChI=1S/C19H36N2O5/c1-7-11(8-2)9-13(20)15-14(21-18(24)26-19(3,4)5)10-12(16(15)22)17(23)25-6/h11-16,22H,7-10,20H2,1-6H3,(H,21,24). The summed E-state index contributed by atoms with van der Waals surface area (Å²) in [5, 5.41) is 13.5. The van der Waals surface area contributed by atoms with Gasteiger partial charge in [0.2, 0.25) is 0 Å². The molecule has 0 radical (unpaired) electrons. The van der Waals surface area contributed by atoms with E-state index in [-0.39, 0.29) is 12.5 Å². The number of ether oxygens (including phenoxy) is 2. The van der Waals surface area contributed by atoms with E-state index in [0.717, 1.165) is 19.3 Å². The van der Waals surface area contributed by atoms with Crippen LogP contribution in [-0.4, -0.2) is 48.1 Å². The van der Waals surface area contributed by atoms with Crippen LogP contribution in [0.3, 0.4) is 0 Å². The van der Waals surface area contributed by atoms with Crippen molar-refractivity contribution in [3.63, 3.8) is 0 Å². The van der Waals surface area contributed by atoms with Crippen molar-refractivity contribution in [3.8, 4) is 0 Å². The molecule has 0 heterocycles. The van der Waals surface area contributed by atoms with Crippen LogP contribution in [0.2, 0.25) is 0 Å². The zero-order valence-electron chi connectivity index (χ0n) is 17.0. The van der Waals surface area contributed by atoms with Crippen molar-refractivity contribution >= 4 is 12.1 Å². The summed E-state index contributed by atoms with van der Waals surface area (Å²) in [6, 6.07) is -0.766. The highest BCUT2D eigenvalue weighted by molar-refractivity contribution is 5.74. The van der Waals surface area contributed by atoms with Crippen LogP contribution in [0.25, 0.3) is 0 Å². The SMILES string of the molecule is CCC(CC)CC(N)C1C(NC(=O)OC(C)(C)C)CC(C(=O)OC)C1O. The minimum absolute atomic E-state index is 0.286. The Morgan fingerprint density at radius 3 is 2.31 bits per heavy atom. The summed E-state index contributed by atoms with van der Waals surface area (Å²) in [6.45, 7) is 9.57. The molecule has 152 valence electrons. The molecule has 0 saturated heterocycles. The molecule has 1 aliphatic rings. The lowest BCUT2D eigenvalue weighted by Gasteiger charge is -2.31. The van der Waals surface area contributed by atoms with Gasteiger partial charge in [-0.2, -0.15) is 0 Å². The zero-order valence-corrected chi connectivity index (χ0v) is 17.0. The molecule has 1 saturated carbocycles. The molecule has 0 aromatic heterocycles. The summed E-state index contributed by atoms with van der Waals surface area (Å²) >= 11 is 0. The van der Waals surface area contributed by atoms with Gasteiger partial charge < -0.3 is 25.6 Å². The van der Waals surface area contributed by atoms with Crippen molar-refractivity contribution in [3.05, 3.63) is 0 Å². The van der Waals surface area contributed by atoms with Crippen molar-refractivity contribution in [2.24, 2.45) is 23.5 Å². The van der Waals surface area contributed by atoms with Gasteiger partial charge in [0.1, 0.15) is 5.60 Å². The number of methoxy groups -OCH3 is 1. The van der Waals surface area contributed by atoms with E-state index in [9.17, 15) is 14.7 Å². The smallest absolute Gasteiger partial charge is 0.407 e. The topological polar surface area (TPSA) is 111 Å². The van der Waals surface area contributed by atoms with Crippen molar-refractivity contribution < 1.29 is 24.2 Å². The maximum atomic E-state index is 12.2. The number of amides is 1. The van der Waals surface area contributed by atoms with Gasteiger partial charge in [0.25, 0.3) is 0 Å².